The first kappa shape index (κ1) is 11.7. The standard InChI is InChI=1S/C15H12INO/c16-11-5-3-6-12(9-11)17-15(18)14-8-10-4-1-2-7-13(10)14/h1-7,9,14H,8H2,(H,17,18). The molecule has 0 aliphatic heterocycles. The molecule has 0 heterocycles. The highest BCUT2D eigenvalue weighted by Crippen LogP contribution is 2.35. The summed E-state index contributed by atoms with van der Waals surface area (Å²) in [5, 5.41) is 2.98. The van der Waals surface area contributed by atoms with Crippen molar-refractivity contribution in [2.24, 2.45) is 0 Å². The Labute approximate surface area is 120 Å². The maximum Gasteiger partial charge on any atom is 0.232 e. The van der Waals surface area contributed by atoms with E-state index in [9.17, 15) is 4.79 Å². The molecule has 1 amide bonds. The second kappa shape index (κ2) is 4.72. The van der Waals surface area contributed by atoms with Gasteiger partial charge in [0.05, 0.1) is 5.92 Å². The second-order valence-corrected chi connectivity index (χ2v) is 5.70. The van der Waals surface area contributed by atoms with E-state index in [2.05, 4.69) is 34.0 Å². The van der Waals surface area contributed by atoms with Gasteiger partial charge in [0.15, 0.2) is 0 Å². The van der Waals surface area contributed by atoms with Gasteiger partial charge in [0.25, 0.3) is 0 Å². The van der Waals surface area contributed by atoms with E-state index in [0.717, 1.165) is 15.7 Å². The Hall–Kier alpha value is -1.36. The fourth-order valence-electron chi connectivity index (χ4n) is 2.29. The minimum atomic E-state index is 0.0130. The summed E-state index contributed by atoms with van der Waals surface area (Å²) in [4.78, 5) is 12.2. The topological polar surface area (TPSA) is 29.1 Å². The largest absolute Gasteiger partial charge is 0.326 e. The summed E-state index contributed by atoms with van der Waals surface area (Å²) in [7, 11) is 0. The first-order valence-corrected chi connectivity index (χ1v) is 6.96. The van der Waals surface area contributed by atoms with E-state index in [0.29, 0.717) is 0 Å². The second-order valence-electron chi connectivity index (χ2n) is 4.46. The van der Waals surface area contributed by atoms with Gasteiger partial charge in [0.2, 0.25) is 5.91 Å². The van der Waals surface area contributed by atoms with Crippen LogP contribution in [0.5, 0.6) is 0 Å². The number of anilines is 1. The number of halogens is 1. The first-order chi connectivity index (χ1) is 8.74. The smallest absolute Gasteiger partial charge is 0.232 e. The van der Waals surface area contributed by atoms with Crippen LogP contribution in [0.15, 0.2) is 48.5 Å². The molecule has 2 nitrogen and oxygen atoms in total. The number of fused-ring (bicyclic) bond motifs is 1. The van der Waals surface area contributed by atoms with Gasteiger partial charge in [0.1, 0.15) is 0 Å². The van der Waals surface area contributed by atoms with Gasteiger partial charge >= 0.3 is 0 Å². The van der Waals surface area contributed by atoms with Crippen molar-refractivity contribution in [1.29, 1.82) is 0 Å². The molecule has 0 spiro atoms. The number of carbonyl (C=O) groups excluding carboxylic acids is 1. The van der Waals surface area contributed by atoms with Crippen LogP contribution in [0, 0.1) is 3.57 Å². The predicted octanol–water partition coefficient (Wildman–Crippen LogP) is 3.57. The Morgan fingerprint density at radius 3 is 2.78 bits per heavy atom. The normalized spacial score (nSPS) is 16.6. The third-order valence-corrected chi connectivity index (χ3v) is 3.93. The molecule has 18 heavy (non-hydrogen) atoms. The number of amides is 1. The maximum atomic E-state index is 12.2. The number of carbonyl (C=O) groups is 1. The molecule has 0 bridgehead atoms. The van der Waals surface area contributed by atoms with E-state index < -0.39 is 0 Å². The minimum Gasteiger partial charge on any atom is -0.326 e. The van der Waals surface area contributed by atoms with E-state index in [1.807, 2.05) is 42.5 Å². The van der Waals surface area contributed by atoms with Crippen LogP contribution in [0.4, 0.5) is 5.69 Å². The zero-order valence-electron chi connectivity index (χ0n) is 9.69. The van der Waals surface area contributed by atoms with E-state index in [-0.39, 0.29) is 11.8 Å². The molecule has 0 saturated heterocycles. The van der Waals surface area contributed by atoms with Crippen LogP contribution in [0.25, 0.3) is 0 Å². The molecule has 1 aliphatic rings. The lowest BCUT2D eigenvalue weighted by atomic mass is 9.77. The average Bonchev–Trinajstić information content (AvgIpc) is 2.30. The molecule has 1 unspecified atom stereocenters. The van der Waals surface area contributed by atoms with Gasteiger partial charge in [0, 0.05) is 9.26 Å². The van der Waals surface area contributed by atoms with Crippen molar-refractivity contribution in [2.45, 2.75) is 12.3 Å². The van der Waals surface area contributed by atoms with Crippen molar-refractivity contribution >= 4 is 34.2 Å². The molecule has 3 heteroatoms. The van der Waals surface area contributed by atoms with Crippen molar-refractivity contribution < 1.29 is 4.79 Å². The average molecular weight is 349 g/mol. The highest BCUT2D eigenvalue weighted by molar-refractivity contribution is 14.1. The number of rotatable bonds is 2. The molecule has 3 rings (SSSR count). The summed E-state index contributed by atoms with van der Waals surface area (Å²) in [5.41, 5.74) is 3.33. The third kappa shape index (κ3) is 2.14. The van der Waals surface area contributed by atoms with Crippen LogP contribution in [0.3, 0.4) is 0 Å². The number of hydrogen-bond donors (Lipinski definition) is 1. The van der Waals surface area contributed by atoms with Crippen LogP contribution in [0.1, 0.15) is 17.0 Å². The maximum absolute atomic E-state index is 12.2. The van der Waals surface area contributed by atoms with Crippen molar-refractivity contribution in [3.8, 4) is 0 Å². The summed E-state index contributed by atoms with van der Waals surface area (Å²) in [6.45, 7) is 0. The molecule has 0 saturated carbocycles. The summed E-state index contributed by atoms with van der Waals surface area (Å²) >= 11 is 2.24. The fourth-order valence-corrected chi connectivity index (χ4v) is 2.83. The number of nitrogens with one attached hydrogen (secondary N) is 1. The monoisotopic (exact) mass is 349 g/mol. The lowest BCUT2D eigenvalue weighted by Gasteiger charge is -2.28. The minimum absolute atomic E-state index is 0.0130. The highest BCUT2D eigenvalue weighted by Gasteiger charge is 2.31. The van der Waals surface area contributed by atoms with Crippen LogP contribution >= 0.6 is 22.6 Å². The van der Waals surface area contributed by atoms with E-state index in [4.69, 9.17) is 0 Å². The Bertz CT molecular complexity index is 609. The van der Waals surface area contributed by atoms with Gasteiger partial charge in [-0.3, -0.25) is 4.79 Å². The molecular formula is C15H12INO. The molecule has 1 aliphatic carbocycles. The summed E-state index contributed by atoms with van der Waals surface area (Å²) in [6.07, 6.45) is 0.853. The van der Waals surface area contributed by atoms with Crippen LogP contribution in [-0.2, 0) is 11.2 Å². The van der Waals surface area contributed by atoms with Gasteiger partial charge in [-0.25, -0.2) is 0 Å². The molecule has 2 aromatic rings. The van der Waals surface area contributed by atoms with Gasteiger partial charge in [-0.05, 0) is 58.3 Å². The Balaban J connectivity index is 1.75. The lowest BCUT2D eigenvalue weighted by molar-refractivity contribution is -0.118. The Morgan fingerprint density at radius 1 is 1.17 bits per heavy atom. The summed E-state index contributed by atoms with van der Waals surface area (Å²) < 4.78 is 1.12. The summed E-state index contributed by atoms with van der Waals surface area (Å²) in [6, 6.07) is 16.0. The van der Waals surface area contributed by atoms with Crippen LogP contribution in [-0.4, -0.2) is 5.91 Å². The zero-order chi connectivity index (χ0) is 12.5. The molecule has 0 fully saturated rings. The van der Waals surface area contributed by atoms with Gasteiger partial charge in [-0.2, -0.15) is 0 Å². The van der Waals surface area contributed by atoms with Gasteiger partial charge < -0.3 is 5.32 Å². The van der Waals surface area contributed by atoms with Crippen LogP contribution < -0.4 is 5.32 Å². The number of hydrogen-bond acceptors (Lipinski definition) is 1. The van der Waals surface area contributed by atoms with Gasteiger partial charge in [-0.1, -0.05) is 30.3 Å². The van der Waals surface area contributed by atoms with Crippen molar-refractivity contribution in [3.05, 3.63) is 63.2 Å². The highest BCUT2D eigenvalue weighted by atomic mass is 127. The zero-order valence-corrected chi connectivity index (χ0v) is 11.8. The lowest BCUT2D eigenvalue weighted by Crippen LogP contribution is -2.30. The summed E-state index contributed by atoms with van der Waals surface area (Å²) in [5.74, 6) is 0.106. The molecule has 1 N–H and O–H groups in total. The molecule has 0 aromatic heterocycles. The van der Waals surface area contributed by atoms with E-state index >= 15 is 0 Å². The van der Waals surface area contributed by atoms with Crippen molar-refractivity contribution in [1.82, 2.24) is 0 Å². The molecular weight excluding hydrogens is 337 g/mol. The molecule has 90 valence electrons. The SMILES string of the molecule is O=C(Nc1cccc(I)c1)C1Cc2ccccc21. The molecule has 2 aromatic carbocycles. The predicted molar refractivity (Wildman–Crippen MR) is 80.7 cm³/mol. The number of benzene rings is 2. The van der Waals surface area contributed by atoms with Gasteiger partial charge in [-0.15, -0.1) is 0 Å². The Morgan fingerprint density at radius 2 is 2.00 bits per heavy atom. The quantitative estimate of drug-likeness (QED) is 0.826. The van der Waals surface area contributed by atoms with E-state index in [1.54, 1.807) is 0 Å². The van der Waals surface area contributed by atoms with Crippen LogP contribution in [0.2, 0.25) is 0 Å². The first-order valence-electron chi connectivity index (χ1n) is 5.88. The fraction of sp³-hybridized carbons (Fsp3) is 0.133. The molecule has 1 atom stereocenters. The Kier molecular flexibility index (Phi) is 3.07. The van der Waals surface area contributed by atoms with Crippen molar-refractivity contribution in [3.63, 3.8) is 0 Å². The van der Waals surface area contributed by atoms with Crippen molar-refractivity contribution in [2.75, 3.05) is 5.32 Å². The molecule has 0 radical (unpaired) electrons. The van der Waals surface area contributed by atoms with E-state index in [1.165, 1.54) is 11.1 Å². The third-order valence-electron chi connectivity index (χ3n) is 3.26.